The molecule has 0 saturated carbocycles. The molecule has 0 atom stereocenters. The molecule has 0 aromatic heterocycles. The molecule has 5 heteroatoms. The topological polar surface area (TPSA) is 24.9 Å². The molecule has 0 bridgehead atoms. The van der Waals surface area contributed by atoms with Crippen molar-refractivity contribution >= 4 is 8.56 Å². The summed E-state index contributed by atoms with van der Waals surface area (Å²) in [5.41, 5.74) is 0. The van der Waals surface area contributed by atoms with Gasteiger partial charge in [-0.05, 0) is 46.5 Å². The molecule has 0 spiro atoms. The molecule has 0 aromatic carbocycles. The van der Waals surface area contributed by atoms with E-state index in [1.54, 1.807) is 0 Å². The van der Waals surface area contributed by atoms with Gasteiger partial charge in [0.15, 0.2) is 0 Å². The van der Waals surface area contributed by atoms with Crippen LogP contribution in [-0.2, 0) is 8.85 Å². The van der Waals surface area contributed by atoms with E-state index in [0.29, 0.717) is 0 Å². The highest BCUT2D eigenvalue weighted by molar-refractivity contribution is 6.66. The summed E-state index contributed by atoms with van der Waals surface area (Å²) in [6.07, 6.45) is 1.20. The number of rotatable bonds is 8. The third-order valence-corrected chi connectivity index (χ3v) is 6.66. The molecule has 0 aliphatic carbocycles. The first kappa shape index (κ1) is 16.1. The SMILES string of the molecule is CCO[Si](C)(CCCN1CCN(C)CC1)OCC. The molecular formula is C13H30N2O2Si. The normalized spacial score (nSPS) is 19.3. The highest BCUT2D eigenvalue weighted by atomic mass is 28.4. The second-order valence-corrected chi connectivity index (χ2v) is 8.59. The van der Waals surface area contributed by atoms with Crippen LogP contribution < -0.4 is 0 Å². The Morgan fingerprint density at radius 3 is 2.06 bits per heavy atom. The van der Waals surface area contributed by atoms with Gasteiger partial charge in [0, 0.05) is 39.4 Å². The molecule has 108 valence electrons. The fourth-order valence-corrected chi connectivity index (χ4v) is 4.89. The Morgan fingerprint density at radius 2 is 1.56 bits per heavy atom. The average Bonchev–Trinajstić information content (AvgIpc) is 2.32. The van der Waals surface area contributed by atoms with E-state index in [1.807, 2.05) is 0 Å². The van der Waals surface area contributed by atoms with E-state index in [2.05, 4.69) is 37.2 Å². The predicted molar refractivity (Wildman–Crippen MR) is 78.2 cm³/mol. The first-order valence-electron chi connectivity index (χ1n) is 7.28. The van der Waals surface area contributed by atoms with Gasteiger partial charge in [0.2, 0.25) is 0 Å². The second-order valence-electron chi connectivity index (χ2n) is 5.25. The molecule has 0 aromatic rings. The molecule has 0 amide bonds. The molecular weight excluding hydrogens is 244 g/mol. The third kappa shape index (κ3) is 5.80. The van der Waals surface area contributed by atoms with Crippen LogP contribution in [0.2, 0.25) is 12.6 Å². The van der Waals surface area contributed by atoms with Crippen LogP contribution in [0.3, 0.4) is 0 Å². The maximum absolute atomic E-state index is 5.87. The summed E-state index contributed by atoms with van der Waals surface area (Å²) in [6, 6.07) is 1.11. The van der Waals surface area contributed by atoms with Crippen molar-refractivity contribution in [2.24, 2.45) is 0 Å². The summed E-state index contributed by atoms with van der Waals surface area (Å²) in [5.74, 6) is 0. The fourth-order valence-electron chi connectivity index (χ4n) is 2.49. The quantitative estimate of drug-likeness (QED) is 0.630. The molecule has 1 aliphatic rings. The van der Waals surface area contributed by atoms with Gasteiger partial charge >= 0.3 is 8.56 Å². The number of hydrogen-bond acceptors (Lipinski definition) is 4. The van der Waals surface area contributed by atoms with Gasteiger partial charge in [0.1, 0.15) is 0 Å². The van der Waals surface area contributed by atoms with Crippen LogP contribution in [0.25, 0.3) is 0 Å². The van der Waals surface area contributed by atoms with Crippen molar-refractivity contribution in [2.45, 2.75) is 32.9 Å². The lowest BCUT2D eigenvalue weighted by molar-refractivity contribution is 0.150. The number of likely N-dealkylation sites (N-methyl/N-ethyl adjacent to an activating group) is 1. The summed E-state index contributed by atoms with van der Waals surface area (Å²) < 4.78 is 11.7. The van der Waals surface area contributed by atoms with Gasteiger partial charge in [-0.15, -0.1) is 0 Å². The Hall–Kier alpha value is 0.0569. The molecule has 1 heterocycles. The van der Waals surface area contributed by atoms with Crippen LogP contribution in [0.1, 0.15) is 20.3 Å². The largest absolute Gasteiger partial charge is 0.395 e. The summed E-state index contributed by atoms with van der Waals surface area (Å²) in [7, 11) is 0.315. The van der Waals surface area contributed by atoms with Crippen LogP contribution >= 0.6 is 0 Å². The Balaban J connectivity index is 2.21. The van der Waals surface area contributed by atoms with E-state index in [4.69, 9.17) is 8.85 Å². The van der Waals surface area contributed by atoms with Crippen molar-refractivity contribution in [1.29, 1.82) is 0 Å². The first-order valence-corrected chi connectivity index (χ1v) is 9.81. The van der Waals surface area contributed by atoms with Gasteiger partial charge in [-0.3, -0.25) is 0 Å². The molecule has 0 unspecified atom stereocenters. The molecule has 1 rings (SSSR count). The standard InChI is InChI=1S/C13H30N2O2Si/c1-5-16-18(4,17-6-2)13-7-8-15-11-9-14(3)10-12-15/h5-13H2,1-4H3. The minimum atomic E-state index is -1.88. The van der Waals surface area contributed by atoms with Gasteiger partial charge in [0.25, 0.3) is 0 Å². The first-order chi connectivity index (χ1) is 8.59. The van der Waals surface area contributed by atoms with Crippen LogP contribution in [0.5, 0.6) is 0 Å². The highest BCUT2D eigenvalue weighted by Crippen LogP contribution is 2.16. The fraction of sp³-hybridized carbons (Fsp3) is 1.00. The number of nitrogens with zero attached hydrogens (tertiary/aromatic N) is 2. The average molecular weight is 274 g/mol. The van der Waals surface area contributed by atoms with Crippen LogP contribution in [0.4, 0.5) is 0 Å². The summed E-state index contributed by atoms with van der Waals surface area (Å²) in [6.45, 7) is 13.9. The Labute approximate surface area is 113 Å². The van der Waals surface area contributed by atoms with Crippen LogP contribution in [0.15, 0.2) is 0 Å². The maximum Gasteiger partial charge on any atom is 0.334 e. The van der Waals surface area contributed by atoms with Gasteiger partial charge in [-0.1, -0.05) is 0 Å². The van der Waals surface area contributed by atoms with E-state index in [-0.39, 0.29) is 0 Å². The smallest absolute Gasteiger partial charge is 0.334 e. The molecule has 1 fully saturated rings. The van der Waals surface area contributed by atoms with E-state index >= 15 is 0 Å². The van der Waals surface area contributed by atoms with Gasteiger partial charge in [0.05, 0.1) is 0 Å². The molecule has 1 saturated heterocycles. The Kier molecular flexibility index (Phi) is 7.40. The van der Waals surface area contributed by atoms with Crippen LogP contribution in [0, 0.1) is 0 Å². The molecule has 0 radical (unpaired) electrons. The van der Waals surface area contributed by atoms with Crippen molar-refractivity contribution in [2.75, 3.05) is 53.0 Å². The lowest BCUT2D eigenvalue weighted by atomic mass is 10.3. The van der Waals surface area contributed by atoms with E-state index in [1.165, 1.54) is 39.1 Å². The monoisotopic (exact) mass is 274 g/mol. The zero-order valence-electron chi connectivity index (χ0n) is 12.6. The second kappa shape index (κ2) is 8.27. The minimum Gasteiger partial charge on any atom is -0.395 e. The molecule has 0 N–H and O–H groups in total. The van der Waals surface area contributed by atoms with Gasteiger partial charge in [-0.25, -0.2) is 0 Å². The van der Waals surface area contributed by atoms with Gasteiger partial charge in [-0.2, -0.15) is 0 Å². The summed E-state index contributed by atoms with van der Waals surface area (Å²) in [4.78, 5) is 4.96. The number of piperazine rings is 1. The van der Waals surface area contributed by atoms with Crippen molar-refractivity contribution in [1.82, 2.24) is 9.80 Å². The Bertz CT molecular complexity index is 215. The third-order valence-electron chi connectivity index (χ3n) is 3.60. The highest BCUT2D eigenvalue weighted by Gasteiger charge is 2.30. The zero-order chi connectivity index (χ0) is 13.4. The lowest BCUT2D eigenvalue weighted by Crippen LogP contribution is -2.45. The Morgan fingerprint density at radius 1 is 1.00 bits per heavy atom. The van der Waals surface area contributed by atoms with E-state index in [0.717, 1.165) is 19.3 Å². The molecule has 1 aliphatic heterocycles. The van der Waals surface area contributed by atoms with Crippen molar-refractivity contribution in [3.05, 3.63) is 0 Å². The van der Waals surface area contributed by atoms with Crippen molar-refractivity contribution in [3.63, 3.8) is 0 Å². The van der Waals surface area contributed by atoms with Gasteiger partial charge < -0.3 is 18.7 Å². The number of hydrogen-bond donors (Lipinski definition) is 0. The predicted octanol–water partition coefficient (Wildman–Crippen LogP) is 1.77. The molecule has 4 nitrogen and oxygen atoms in total. The van der Waals surface area contributed by atoms with Crippen molar-refractivity contribution in [3.8, 4) is 0 Å². The van der Waals surface area contributed by atoms with Crippen molar-refractivity contribution < 1.29 is 8.85 Å². The van der Waals surface area contributed by atoms with Crippen LogP contribution in [-0.4, -0.2) is 71.3 Å². The molecule has 18 heavy (non-hydrogen) atoms. The summed E-state index contributed by atoms with van der Waals surface area (Å²) >= 11 is 0. The summed E-state index contributed by atoms with van der Waals surface area (Å²) in [5, 5.41) is 0. The van der Waals surface area contributed by atoms with E-state index < -0.39 is 8.56 Å². The van der Waals surface area contributed by atoms with E-state index in [9.17, 15) is 0 Å². The zero-order valence-corrected chi connectivity index (χ0v) is 13.6. The maximum atomic E-state index is 5.87. The lowest BCUT2D eigenvalue weighted by Gasteiger charge is -2.33. The minimum absolute atomic E-state index is 0.775.